The number of hydrogen-bond acceptors (Lipinski definition) is 4. The zero-order valence-electron chi connectivity index (χ0n) is 11.4. The van der Waals surface area contributed by atoms with Crippen LogP contribution in [0.5, 0.6) is 0 Å². The van der Waals surface area contributed by atoms with Crippen LogP contribution in [0.1, 0.15) is 13.8 Å². The summed E-state index contributed by atoms with van der Waals surface area (Å²) in [4.78, 5) is 14.1. The zero-order chi connectivity index (χ0) is 13.7. The SMILES string of the molecule is CC(C)Cn1ncc(NCCN(C)C)c(Br)c1=O. The van der Waals surface area contributed by atoms with Gasteiger partial charge in [0, 0.05) is 19.6 Å². The molecule has 1 N–H and O–H groups in total. The Bertz CT molecular complexity index is 442. The first kappa shape index (κ1) is 15.2. The third kappa shape index (κ3) is 4.42. The third-order valence-electron chi connectivity index (χ3n) is 2.40. The first-order valence-corrected chi connectivity index (χ1v) is 6.85. The predicted octanol–water partition coefficient (Wildman–Crippen LogP) is 1.64. The standard InChI is InChI=1S/C12H21BrN4O/c1-9(2)8-17-12(18)11(13)10(7-15-17)14-5-6-16(3)4/h7,9,14H,5-6,8H2,1-4H3. The number of nitrogens with one attached hydrogen (secondary N) is 1. The normalized spacial score (nSPS) is 11.3. The first-order valence-electron chi connectivity index (χ1n) is 6.06. The van der Waals surface area contributed by atoms with Crippen LogP contribution < -0.4 is 10.9 Å². The Morgan fingerprint density at radius 2 is 2.17 bits per heavy atom. The first-order chi connectivity index (χ1) is 8.41. The van der Waals surface area contributed by atoms with Crippen molar-refractivity contribution >= 4 is 21.6 Å². The summed E-state index contributed by atoms with van der Waals surface area (Å²) in [6.45, 7) is 6.44. The van der Waals surface area contributed by atoms with Crippen LogP contribution in [0.15, 0.2) is 15.5 Å². The Kier molecular flexibility index (Phi) is 5.81. The van der Waals surface area contributed by atoms with Gasteiger partial charge in [0.1, 0.15) is 4.47 Å². The minimum absolute atomic E-state index is 0.0847. The second-order valence-electron chi connectivity index (χ2n) is 4.98. The lowest BCUT2D eigenvalue weighted by molar-refractivity contribution is 0.425. The number of aromatic nitrogens is 2. The van der Waals surface area contributed by atoms with Crippen LogP contribution in [-0.2, 0) is 6.54 Å². The second kappa shape index (κ2) is 6.89. The Balaban J connectivity index is 2.78. The number of rotatable bonds is 6. The fourth-order valence-corrected chi connectivity index (χ4v) is 1.93. The molecule has 0 amide bonds. The van der Waals surface area contributed by atoms with Crippen LogP contribution >= 0.6 is 15.9 Å². The summed E-state index contributed by atoms with van der Waals surface area (Å²) in [6, 6.07) is 0. The number of anilines is 1. The molecule has 0 radical (unpaired) electrons. The molecule has 102 valence electrons. The maximum Gasteiger partial charge on any atom is 0.283 e. The molecule has 1 aromatic heterocycles. The van der Waals surface area contributed by atoms with E-state index in [-0.39, 0.29) is 5.56 Å². The minimum atomic E-state index is -0.0847. The van der Waals surface area contributed by atoms with Gasteiger partial charge in [-0.3, -0.25) is 4.79 Å². The van der Waals surface area contributed by atoms with E-state index >= 15 is 0 Å². The highest BCUT2D eigenvalue weighted by Gasteiger charge is 2.09. The van der Waals surface area contributed by atoms with Crippen molar-refractivity contribution in [2.75, 3.05) is 32.5 Å². The molecule has 0 aliphatic heterocycles. The molecule has 5 nitrogen and oxygen atoms in total. The molecule has 0 aromatic carbocycles. The van der Waals surface area contributed by atoms with Crippen molar-refractivity contribution in [3.63, 3.8) is 0 Å². The molecule has 0 atom stereocenters. The van der Waals surface area contributed by atoms with Crippen LogP contribution in [0.3, 0.4) is 0 Å². The van der Waals surface area contributed by atoms with Gasteiger partial charge in [-0.05, 0) is 35.9 Å². The fourth-order valence-electron chi connectivity index (χ4n) is 1.48. The van der Waals surface area contributed by atoms with E-state index in [4.69, 9.17) is 0 Å². The van der Waals surface area contributed by atoms with E-state index in [0.717, 1.165) is 18.8 Å². The van der Waals surface area contributed by atoms with E-state index in [1.54, 1.807) is 6.20 Å². The highest BCUT2D eigenvalue weighted by atomic mass is 79.9. The summed E-state index contributed by atoms with van der Waals surface area (Å²) in [5.41, 5.74) is 0.667. The molecule has 0 unspecified atom stereocenters. The molecule has 1 aromatic rings. The topological polar surface area (TPSA) is 50.2 Å². The van der Waals surface area contributed by atoms with Crippen LogP contribution in [0, 0.1) is 5.92 Å². The summed E-state index contributed by atoms with van der Waals surface area (Å²) < 4.78 is 2.04. The molecule has 0 bridgehead atoms. The molecule has 1 rings (SSSR count). The van der Waals surface area contributed by atoms with Crippen molar-refractivity contribution in [1.29, 1.82) is 0 Å². The van der Waals surface area contributed by atoms with Gasteiger partial charge in [-0.1, -0.05) is 13.8 Å². The Morgan fingerprint density at radius 3 is 2.72 bits per heavy atom. The Morgan fingerprint density at radius 1 is 1.50 bits per heavy atom. The highest BCUT2D eigenvalue weighted by molar-refractivity contribution is 9.10. The lowest BCUT2D eigenvalue weighted by Gasteiger charge is -2.13. The molecular weight excluding hydrogens is 296 g/mol. The van der Waals surface area contributed by atoms with E-state index < -0.39 is 0 Å². The molecule has 0 spiro atoms. The van der Waals surface area contributed by atoms with Crippen LogP contribution in [0.2, 0.25) is 0 Å². The summed E-state index contributed by atoms with van der Waals surface area (Å²) in [5.74, 6) is 0.398. The maximum atomic E-state index is 12.0. The van der Waals surface area contributed by atoms with Crippen molar-refractivity contribution < 1.29 is 0 Å². The van der Waals surface area contributed by atoms with Crippen molar-refractivity contribution in [2.45, 2.75) is 20.4 Å². The van der Waals surface area contributed by atoms with Crippen LogP contribution in [-0.4, -0.2) is 41.9 Å². The molecule has 0 fully saturated rings. The number of nitrogens with zero attached hydrogens (tertiary/aromatic N) is 3. The van der Waals surface area contributed by atoms with Crippen LogP contribution in [0.25, 0.3) is 0 Å². The molecule has 0 aliphatic rings. The highest BCUT2D eigenvalue weighted by Crippen LogP contribution is 2.15. The average Bonchev–Trinajstić information content (AvgIpc) is 2.27. The van der Waals surface area contributed by atoms with Gasteiger partial charge in [0.25, 0.3) is 5.56 Å². The molecule has 1 heterocycles. The quantitative estimate of drug-likeness (QED) is 0.866. The zero-order valence-corrected chi connectivity index (χ0v) is 13.0. The average molecular weight is 317 g/mol. The van der Waals surface area contributed by atoms with E-state index in [2.05, 4.69) is 45.1 Å². The van der Waals surface area contributed by atoms with Crippen LogP contribution in [0.4, 0.5) is 5.69 Å². The molecule has 6 heteroatoms. The van der Waals surface area contributed by atoms with Gasteiger partial charge in [0.05, 0.1) is 11.9 Å². The van der Waals surface area contributed by atoms with Gasteiger partial charge in [-0.2, -0.15) is 5.10 Å². The smallest absolute Gasteiger partial charge is 0.283 e. The predicted molar refractivity (Wildman–Crippen MR) is 78.1 cm³/mol. The lowest BCUT2D eigenvalue weighted by atomic mass is 10.2. The van der Waals surface area contributed by atoms with Gasteiger partial charge in [0.15, 0.2) is 0 Å². The van der Waals surface area contributed by atoms with Crippen molar-refractivity contribution in [3.8, 4) is 0 Å². The van der Waals surface area contributed by atoms with E-state index in [1.807, 2.05) is 14.1 Å². The van der Waals surface area contributed by atoms with Gasteiger partial charge in [-0.15, -0.1) is 0 Å². The summed E-state index contributed by atoms with van der Waals surface area (Å²) in [5, 5.41) is 7.38. The van der Waals surface area contributed by atoms with Crippen molar-refractivity contribution in [3.05, 3.63) is 21.0 Å². The molecule has 18 heavy (non-hydrogen) atoms. The minimum Gasteiger partial charge on any atom is -0.381 e. The summed E-state index contributed by atoms with van der Waals surface area (Å²) in [7, 11) is 4.02. The van der Waals surface area contributed by atoms with E-state index in [1.165, 1.54) is 4.68 Å². The number of halogens is 1. The summed E-state index contributed by atoms with van der Waals surface area (Å²) in [6.07, 6.45) is 1.70. The second-order valence-corrected chi connectivity index (χ2v) is 5.78. The monoisotopic (exact) mass is 316 g/mol. The molecule has 0 aliphatic carbocycles. The Hall–Kier alpha value is -0.880. The third-order valence-corrected chi connectivity index (χ3v) is 3.16. The molecule has 0 saturated carbocycles. The molecule has 0 saturated heterocycles. The largest absolute Gasteiger partial charge is 0.381 e. The number of hydrogen-bond donors (Lipinski definition) is 1. The number of likely N-dealkylation sites (N-methyl/N-ethyl adjacent to an activating group) is 1. The maximum absolute atomic E-state index is 12.0. The van der Waals surface area contributed by atoms with Crippen molar-refractivity contribution in [1.82, 2.24) is 14.7 Å². The van der Waals surface area contributed by atoms with Gasteiger partial charge < -0.3 is 10.2 Å². The van der Waals surface area contributed by atoms with E-state index in [9.17, 15) is 4.79 Å². The summed E-state index contributed by atoms with van der Waals surface area (Å²) >= 11 is 3.34. The lowest BCUT2D eigenvalue weighted by Crippen LogP contribution is -2.27. The Labute approximate surface area is 116 Å². The van der Waals surface area contributed by atoms with E-state index in [0.29, 0.717) is 16.9 Å². The van der Waals surface area contributed by atoms with Gasteiger partial charge >= 0.3 is 0 Å². The van der Waals surface area contributed by atoms with Gasteiger partial charge in [0.2, 0.25) is 0 Å². The van der Waals surface area contributed by atoms with Gasteiger partial charge in [-0.25, -0.2) is 4.68 Å². The molecular formula is C12H21BrN4O. The van der Waals surface area contributed by atoms with Crippen molar-refractivity contribution in [2.24, 2.45) is 5.92 Å². The fraction of sp³-hybridized carbons (Fsp3) is 0.667.